The summed E-state index contributed by atoms with van der Waals surface area (Å²) in [5, 5.41) is 0. The number of benzene rings is 10. The summed E-state index contributed by atoms with van der Waals surface area (Å²) in [6, 6.07) is 93.0. The second kappa shape index (κ2) is 12.8. The van der Waals surface area contributed by atoms with E-state index in [1.165, 1.54) is 109 Å². The SMILES string of the molecule is c1ccc(S(c2ccccc2)(c2ccc3c(c2)C2(c4ccccc4-c4ccccc42)c2ccccc2-3)c2ccc3c(c2)C2(c4ccccc4-c4ccccc42)c2ccccc2-3)cc1. The molecule has 4 aliphatic rings. The number of hydrogen-bond acceptors (Lipinski definition) is 0. The van der Waals surface area contributed by atoms with Crippen LogP contribution in [0.15, 0.2) is 262 Å². The molecule has 0 N–H and O–H groups in total. The highest BCUT2D eigenvalue weighted by Gasteiger charge is 2.54. The van der Waals surface area contributed by atoms with Gasteiger partial charge in [-0.15, -0.1) is 10.0 Å². The fourth-order valence-corrected chi connectivity index (χ4v) is 16.5. The van der Waals surface area contributed by atoms with E-state index in [4.69, 9.17) is 0 Å². The van der Waals surface area contributed by atoms with Crippen LogP contribution in [0.1, 0.15) is 44.5 Å². The van der Waals surface area contributed by atoms with E-state index in [1.807, 2.05) is 0 Å². The summed E-state index contributed by atoms with van der Waals surface area (Å²) >= 11 is 0. The Balaban J connectivity index is 1.11. The molecule has 0 nitrogen and oxygen atoms in total. The van der Waals surface area contributed by atoms with Crippen molar-refractivity contribution >= 4 is 10.0 Å². The van der Waals surface area contributed by atoms with Gasteiger partial charge in [-0.25, -0.2) is 0 Å². The van der Waals surface area contributed by atoms with Crippen LogP contribution in [-0.4, -0.2) is 0 Å². The van der Waals surface area contributed by atoms with Gasteiger partial charge in [0.25, 0.3) is 0 Å². The Bertz CT molecular complexity index is 3160. The van der Waals surface area contributed by atoms with E-state index in [2.05, 4.69) is 243 Å². The van der Waals surface area contributed by atoms with E-state index in [1.54, 1.807) is 0 Å². The summed E-state index contributed by atoms with van der Waals surface area (Å²) in [5.41, 5.74) is 20.6. The first-order valence-corrected chi connectivity index (χ1v) is 23.7. The molecule has 10 aromatic carbocycles. The van der Waals surface area contributed by atoms with Crippen LogP contribution in [0.3, 0.4) is 0 Å². The Morgan fingerprint density at radius 1 is 0.190 bits per heavy atom. The second-order valence-electron chi connectivity index (χ2n) is 17.4. The van der Waals surface area contributed by atoms with Crippen molar-refractivity contribution in [3.63, 3.8) is 0 Å². The van der Waals surface area contributed by atoms with Crippen molar-refractivity contribution in [2.24, 2.45) is 0 Å². The maximum absolute atomic E-state index is 2.64. The molecular formula is C62H40S. The molecule has 0 amide bonds. The molecule has 0 unspecified atom stereocenters. The van der Waals surface area contributed by atoms with Gasteiger partial charge in [0, 0.05) is 19.6 Å². The lowest BCUT2D eigenvalue weighted by Crippen LogP contribution is -2.26. The summed E-state index contributed by atoms with van der Waals surface area (Å²) in [4.78, 5) is 5.32. The van der Waals surface area contributed by atoms with Crippen molar-refractivity contribution < 1.29 is 0 Å². The highest BCUT2D eigenvalue weighted by Crippen LogP contribution is 2.76. The first kappa shape index (κ1) is 35.2. The van der Waals surface area contributed by atoms with Gasteiger partial charge in [0.2, 0.25) is 0 Å². The molecular weight excluding hydrogens is 777 g/mol. The van der Waals surface area contributed by atoms with Crippen molar-refractivity contribution in [1.29, 1.82) is 0 Å². The van der Waals surface area contributed by atoms with E-state index in [9.17, 15) is 0 Å². The van der Waals surface area contributed by atoms with Gasteiger partial charge < -0.3 is 0 Å². The predicted octanol–water partition coefficient (Wildman–Crippen LogP) is 15.7. The first-order valence-electron chi connectivity index (χ1n) is 22.1. The van der Waals surface area contributed by atoms with Gasteiger partial charge in [-0.05, 0) is 138 Å². The molecule has 0 aromatic heterocycles. The number of fused-ring (bicyclic) bond motifs is 20. The van der Waals surface area contributed by atoms with E-state index < -0.39 is 20.9 Å². The van der Waals surface area contributed by atoms with E-state index in [-0.39, 0.29) is 0 Å². The van der Waals surface area contributed by atoms with Gasteiger partial charge in [0.15, 0.2) is 0 Å². The van der Waals surface area contributed by atoms with Crippen molar-refractivity contribution in [3.05, 3.63) is 287 Å². The van der Waals surface area contributed by atoms with Crippen LogP contribution in [0.25, 0.3) is 44.5 Å². The minimum Gasteiger partial charge on any atom is -0.133 e. The van der Waals surface area contributed by atoms with Crippen LogP contribution in [-0.2, 0) is 10.8 Å². The molecule has 14 rings (SSSR count). The molecule has 0 atom stereocenters. The molecule has 63 heavy (non-hydrogen) atoms. The zero-order valence-corrected chi connectivity index (χ0v) is 35.3. The van der Waals surface area contributed by atoms with Crippen LogP contribution < -0.4 is 0 Å². The fraction of sp³-hybridized carbons (Fsp3) is 0.0323. The van der Waals surface area contributed by atoms with Crippen molar-refractivity contribution in [2.75, 3.05) is 0 Å². The van der Waals surface area contributed by atoms with E-state index in [0.717, 1.165) is 0 Å². The summed E-state index contributed by atoms with van der Waals surface area (Å²) in [5.74, 6) is 0. The largest absolute Gasteiger partial charge is 0.133 e. The van der Waals surface area contributed by atoms with Crippen LogP contribution in [0.2, 0.25) is 0 Å². The Morgan fingerprint density at radius 2 is 0.429 bits per heavy atom. The zero-order valence-electron chi connectivity index (χ0n) is 34.5. The molecule has 0 heterocycles. The minimum atomic E-state index is -2.13. The molecule has 294 valence electrons. The monoisotopic (exact) mass is 816 g/mol. The summed E-state index contributed by atoms with van der Waals surface area (Å²) in [6.45, 7) is 0. The Labute approximate surface area is 370 Å². The Kier molecular flexibility index (Phi) is 7.15. The van der Waals surface area contributed by atoms with Crippen molar-refractivity contribution in [3.8, 4) is 44.5 Å². The summed E-state index contributed by atoms with van der Waals surface area (Å²) < 4.78 is 0. The second-order valence-corrected chi connectivity index (χ2v) is 20.5. The maximum Gasteiger partial charge on any atom is 0.0725 e. The molecule has 0 radical (unpaired) electrons. The fourth-order valence-electron chi connectivity index (χ4n) is 12.6. The Hall–Kier alpha value is -7.45. The minimum absolute atomic E-state index is 0.450. The van der Waals surface area contributed by atoms with Gasteiger partial charge in [-0.2, -0.15) is 0 Å². The van der Waals surface area contributed by atoms with Gasteiger partial charge in [-0.3, -0.25) is 0 Å². The molecule has 1 heteroatoms. The normalized spacial score (nSPS) is 14.9. The lowest BCUT2D eigenvalue weighted by Gasteiger charge is -2.43. The van der Waals surface area contributed by atoms with Gasteiger partial charge >= 0.3 is 0 Å². The molecule has 0 saturated heterocycles. The zero-order chi connectivity index (χ0) is 41.3. The Morgan fingerprint density at radius 3 is 0.714 bits per heavy atom. The third kappa shape index (κ3) is 4.24. The molecule has 4 aliphatic carbocycles. The predicted molar refractivity (Wildman–Crippen MR) is 259 cm³/mol. The molecule has 10 aromatic rings. The first-order chi connectivity index (χ1) is 31.3. The van der Waals surface area contributed by atoms with Crippen LogP contribution in [0.5, 0.6) is 0 Å². The van der Waals surface area contributed by atoms with Gasteiger partial charge in [0.05, 0.1) is 10.8 Å². The van der Waals surface area contributed by atoms with Crippen molar-refractivity contribution in [1.82, 2.24) is 0 Å². The lowest BCUT2D eigenvalue weighted by atomic mass is 9.70. The maximum atomic E-state index is 2.64. The molecule has 0 saturated carbocycles. The molecule has 2 spiro atoms. The van der Waals surface area contributed by atoms with Crippen molar-refractivity contribution in [2.45, 2.75) is 30.4 Å². The van der Waals surface area contributed by atoms with Crippen LogP contribution >= 0.6 is 10.0 Å². The molecule has 0 bridgehead atoms. The number of hydrogen-bond donors (Lipinski definition) is 0. The van der Waals surface area contributed by atoms with E-state index >= 15 is 0 Å². The molecule has 0 aliphatic heterocycles. The van der Waals surface area contributed by atoms with Gasteiger partial charge in [0.1, 0.15) is 0 Å². The third-order valence-corrected chi connectivity index (χ3v) is 18.7. The lowest BCUT2D eigenvalue weighted by molar-refractivity contribution is 0.789. The topological polar surface area (TPSA) is 0 Å². The number of rotatable bonds is 4. The average Bonchev–Trinajstić information content (AvgIpc) is 4.04. The van der Waals surface area contributed by atoms with Crippen LogP contribution in [0.4, 0.5) is 0 Å². The summed E-state index contributed by atoms with van der Waals surface area (Å²) in [6.07, 6.45) is 0. The summed E-state index contributed by atoms with van der Waals surface area (Å²) in [7, 11) is -2.13. The standard InChI is InChI=1S/C62H40S/c1-3-19-41(20-4-1)63(42-21-5-2-6-22-42,43-35-37-51-49-27-11-17-33-57(49)61(59(51)39-43)53-29-13-7-23-45(53)46-24-8-14-30-54(46)61)44-36-38-52-50-28-12-18-34-58(50)62(60(52)40-44)55-31-15-9-25-47(55)48-26-10-16-32-56(48)62/h1-40H. The average molecular weight is 817 g/mol. The van der Waals surface area contributed by atoms with E-state index in [0.29, 0.717) is 0 Å². The molecule has 0 fully saturated rings. The smallest absolute Gasteiger partial charge is 0.0725 e. The quantitative estimate of drug-likeness (QED) is 0.166. The highest BCUT2D eigenvalue weighted by atomic mass is 32.3. The highest BCUT2D eigenvalue weighted by molar-refractivity contribution is 8.34. The van der Waals surface area contributed by atoms with Crippen LogP contribution in [0, 0.1) is 0 Å². The third-order valence-electron chi connectivity index (χ3n) is 14.8. The van der Waals surface area contributed by atoms with Gasteiger partial charge in [-0.1, -0.05) is 194 Å².